The second kappa shape index (κ2) is 3.27. The second-order valence-electron chi connectivity index (χ2n) is 2.30. The molecular weight excluding hydrogens is 152 g/mol. The summed E-state index contributed by atoms with van der Waals surface area (Å²) < 4.78 is 9.40. The van der Waals surface area contributed by atoms with Crippen LogP contribution >= 0.6 is 0 Å². The highest BCUT2D eigenvalue weighted by Crippen LogP contribution is 2.11. The predicted molar refractivity (Wildman–Crippen MR) is 33.8 cm³/mol. The summed E-state index contributed by atoms with van der Waals surface area (Å²) in [4.78, 5) is 10.8. The Morgan fingerprint density at radius 2 is 2.27 bits per heavy atom. The zero-order chi connectivity index (χ0) is 8.43. The van der Waals surface area contributed by atoms with E-state index < -0.39 is 24.3 Å². The highest BCUT2D eigenvalue weighted by Gasteiger charge is 2.36. The molecule has 1 aliphatic heterocycles. The summed E-state index contributed by atoms with van der Waals surface area (Å²) >= 11 is 0. The maximum Gasteiger partial charge on any atom is 0.197 e. The first kappa shape index (κ1) is 8.61. The van der Waals surface area contributed by atoms with Gasteiger partial charge in [-0.05, 0) is 0 Å². The van der Waals surface area contributed by atoms with Crippen molar-refractivity contribution in [3.8, 4) is 0 Å². The van der Waals surface area contributed by atoms with Gasteiger partial charge in [-0.15, -0.1) is 0 Å². The summed E-state index contributed by atoms with van der Waals surface area (Å²) in [5.41, 5.74) is 0. The van der Waals surface area contributed by atoms with Crippen molar-refractivity contribution < 1.29 is 24.5 Å². The second-order valence-corrected chi connectivity index (χ2v) is 2.30. The molecule has 0 spiro atoms. The summed E-state index contributed by atoms with van der Waals surface area (Å²) in [7, 11) is 1.32. The molecule has 1 fully saturated rings. The molecule has 0 aliphatic carbocycles. The van der Waals surface area contributed by atoms with Gasteiger partial charge < -0.3 is 19.7 Å². The molecule has 64 valence electrons. The minimum absolute atomic E-state index is 0.117. The molecule has 3 atom stereocenters. The maximum absolute atomic E-state index is 10.8. The van der Waals surface area contributed by atoms with Gasteiger partial charge in [-0.1, -0.05) is 0 Å². The van der Waals surface area contributed by atoms with Crippen LogP contribution in [-0.2, 0) is 14.3 Å². The van der Waals surface area contributed by atoms with Gasteiger partial charge in [0.25, 0.3) is 0 Å². The fourth-order valence-electron chi connectivity index (χ4n) is 0.887. The van der Waals surface area contributed by atoms with Crippen molar-refractivity contribution >= 4 is 5.78 Å². The van der Waals surface area contributed by atoms with Crippen LogP contribution in [0.4, 0.5) is 0 Å². The van der Waals surface area contributed by atoms with E-state index in [4.69, 9.17) is 14.9 Å². The maximum atomic E-state index is 10.8. The summed E-state index contributed by atoms with van der Waals surface area (Å²) in [6.07, 6.45) is -3.54. The van der Waals surface area contributed by atoms with Crippen molar-refractivity contribution in [3.05, 3.63) is 0 Å². The van der Waals surface area contributed by atoms with Crippen LogP contribution in [0, 0.1) is 0 Å². The van der Waals surface area contributed by atoms with Crippen molar-refractivity contribution in [2.45, 2.75) is 18.5 Å². The van der Waals surface area contributed by atoms with E-state index in [1.807, 2.05) is 0 Å². The molecule has 1 saturated heterocycles. The highest BCUT2D eigenvalue weighted by molar-refractivity contribution is 5.88. The normalized spacial score (nSPS) is 39.2. The third-order valence-corrected chi connectivity index (χ3v) is 1.53. The van der Waals surface area contributed by atoms with Gasteiger partial charge in [0.2, 0.25) is 0 Å². The lowest BCUT2D eigenvalue weighted by atomic mass is 10.1. The van der Waals surface area contributed by atoms with Gasteiger partial charge in [0.15, 0.2) is 18.2 Å². The van der Waals surface area contributed by atoms with Gasteiger partial charge in [-0.2, -0.15) is 0 Å². The number of hydrogen-bond acceptors (Lipinski definition) is 5. The topological polar surface area (TPSA) is 76.0 Å². The first-order chi connectivity index (χ1) is 5.16. The molecule has 11 heavy (non-hydrogen) atoms. The minimum atomic E-state index is -1.37. The Morgan fingerprint density at radius 1 is 1.64 bits per heavy atom. The van der Waals surface area contributed by atoms with Gasteiger partial charge in [-0.25, -0.2) is 0 Å². The highest BCUT2D eigenvalue weighted by atomic mass is 16.7. The van der Waals surface area contributed by atoms with Gasteiger partial charge in [0.1, 0.15) is 6.10 Å². The van der Waals surface area contributed by atoms with Crippen LogP contribution in [0.3, 0.4) is 0 Å². The Labute approximate surface area is 63.5 Å². The fraction of sp³-hybridized carbons (Fsp3) is 0.833. The van der Waals surface area contributed by atoms with E-state index in [1.165, 1.54) is 7.11 Å². The molecule has 2 N–H and O–H groups in total. The van der Waals surface area contributed by atoms with E-state index in [1.54, 1.807) is 0 Å². The van der Waals surface area contributed by atoms with Crippen molar-refractivity contribution in [1.29, 1.82) is 0 Å². The van der Waals surface area contributed by atoms with Crippen molar-refractivity contribution in [1.82, 2.24) is 0 Å². The molecule has 0 amide bonds. The van der Waals surface area contributed by atoms with Crippen LogP contribution < -0.4 is 0 Å². The molecule has 1 aliphatic rings. The molecule has 5 heteroatoms. The predicted octanol–water partition coefficient (Wildman–Crippen LogP) is -1.72. The summed E-state index contributed by atoms with van der Waals surface area (Å²) in [6.45, 7) is -0.117. The van der Waals surface area contributed by atoms with Gasteiger partial charge in [0, 0.05) is 7.11 Å². The van der Waals surface area contributed by atoms with Gasteiger partial charge in [-0.3, -0.25) is 4.79 Å². The monoisotopic (exact) mass is 162 g/mol. The van der Waals surface area contributed by atoms with Crippen LogP contribution in [0.1, 0.15) is 0 Å². The summed E-state index contributed by atoms with van der Waals surface area (Å²) in [5.74, 6) is -0.650. The first-order valence-corrected chi connectivity index (χ1v) is 3.21. The average molecular weight is 162 g/mol. The largest absolute Gasteiger partial charge is 0.383 e. The number of hydrogen-bond donors (Lipinski definition) is 2. The lowest BCUT2D eigenvalue weighted by Crippen LogP contribution is -2.50. The third-order valence-electron chi connectivity index (χ3n) is 1.53. The SMILES string of the molecule is COC1OCC(O)C(=O)C1O. The molecule has 5 nitrogen and oxygen atoms in total. The molecule has 1 rings (SSSR count). The van der Waals surface area contributed by atoms with E-state index in [0.29, 0.717) is 0 Å². The number of ether oxygens (including phenoxy) is 2. The van der Waals surface area contributed by atoms with Crippen molar-refractivity contribution in [2.24, 2.45) is 0 Å². The Hall–Kier alpha value is -0.490. The molecular formula is C6H10O5. The number of rotatable bonds is 1. The molecule has 0 bridgehead atoms. The van der Waals surface area contributed by atoms with Crippen LogP contribution in [0.15, 0.2) is 0 Å². The van der Waals surface area contributed by atoms with E-state index in [2.05, 4.69) is 4.74 Å². The van der Waals surface area contributed by atoms with Crippen molar-refractivity contribution in [2.75, 3.05) is 13.7 Å². The Kier molecular flexibility index (Phi) is 2.56. The van der Waals surface area contributed by atoms with Crippen molar-refractivity contribution in [3.63, 3.8) is 0 Å². The first-order valence-electron chi connectivity index (χ1n) is 3.21. The number of carbonyl (C=O) groups excluding carboxylic acids is 1. The number of aliphatic hydroxyl groups is 2. The zero-order valence-corrected chi connectivity index (χ0v) is 6.06. The Bertz CT molecular complexity index is 157. The molecule has 0 saturated carbocycles. The summed E-state index contributed by atoms with van der Waals surface area (Å²) in [5, 5.41) is 17.9. The third kappa shape index (κ3) is 1.57. The van der Waals surface area contributed by atoms with Crippen LogP contribution in [-0.4, -0.2) is 48.2 Å². The van der Waals surface area contributed by atoms with E-state index in [-0.39, 0.29) is 6.61 Å². The fourth-order valence-corrected chi connectivity index (χ4v) is 0.887. The number of aliphatic hydroxyl groups excluding tert-OH is 2. The molecule has 0 aromatic carbocycles. The van der Waals surface area contributed by atoms with Crippen LogP contribution in [0.25, 0.3) is 0 Å². The number of carbonyl (C=O) groups is 1. The van der Waals surface area contributed by atoms with E-state index >= 15 is 0 Å². The molecule has 3 unspecified atom stereocenters. The number of methoxy groups -OCH3 is 1. The Morgan fingerprint density at radius 3 is 2.82 bits per heavy atom. The smallest absolute Gasteiger partial charge is 0.197 e. The lowest BCUT2D eigenvalue weighted by molar-refractivity contribution is -0.217. The summed E-state index contributed by atoms with van der Waals surface area (Å²) in [6, 6.07) is 0. The number of Topliss-reactive ketones (excluding diaryl/α,β-unsaturated/α-hetero) is 1. The Balaban J connectivity index is 2.59. The van der Waals surface area contributed by atoms with E-state index in [0.717, 1.165) is 0 Å². The molecule has 1 heterocycles. The average Bonchev–Trinajstić information content (AvgIpc) is 2.01. The van der Waals surface area contributed by atoms with E-state index in [9.17, 15) is 4.79 Å². The minimum Gasteiger partial charge on any atom is -0.383 e. The quantitative estimate of drug-likeness (QED) is 0.479. The molecule has 0 radical (unpaired) electrons. The van der Waals surface area contributed by atoms with Crippen LogP contribution in [0.5, 0.6) is 0 Å². The van der Waals surface area contributed by atoms with Gasteiger partial charge in [0.05, 0.1) is 6.61 Å². The standard InChI is InChI=1S/C6H10O5/c1-10-6-5(9)4(8)3(7)2-11-6/h3,5-7,9H,2H2,1H3. The van der Waals surface area contributed by atoms with Crippen LogP contribution in [0.2, 0.25) is 0 Å². The lowest BCUT2D eigenvalue weighted by Gasteiger charge is -2.28. The zero-order valence-electron chi connectivity index (χ0n) is 6.06. The van der Waals surface area contributed by atoms with Gasteiger partial charge >= 0.3 is 0 Å². The molecule has 0 aromatic rings. The number of ketones is 1. The molecule has 0 aromatic heterocycles.